The number of nitrogens with one attached hydrogen (secondary N) is 1. The summed E-state index contributed by atoms with van der Waals surface area (Å²) in [6, 6.07) is 11.7. The van der Waals surface area contributed by atoms with Gasteiger partial charge in [0.05, 0.1) is 31.5 Å². The van der Waals surface area contributed by atoms with E-state index in [1.807, 2.05) is 30.3 Å². The first kappa shape index (κ1) is 24.4. The number of hydrogen-bond acceptors (Lipinski definition) is 5. The fraction of sp³-hybridized carbons (Fsp3) is 0.400. The van der Waals surface area contributed by atoms with E-state index in [9.17, 15) is 18.8 Å². The van der Waals surface area contributed by atoms with Gasteiger partial charge in [-0.1, -0.05) is 30.3 Å². The number of ether oxygens (including phenoxy) is 2. The number of quaternary nitrogens is 1. The first-order valence-corrected chi connectivity index (χ1v) is 11.0. The second-order valence-corrected chi connectivity index (χ2v) is 8.50. The Bertz CT molecular complexity index is 1000. The van der Waals surface area contributed by atoms with E-state index in [-0.39, 0.29) is 47.3 Å². The van der Waals surface area contributed by atoms with Crippen LogP contribution < -0.4 is 5.32 Å². The molecule has 1 heterocycles. The zero-order valence-electron chi connectivity index (χ0n) is 19.1. The minimum Gasteiger partial charge on any atom is -0.465 e. The Morgan fingerprint density at radius 1 is 1.03 bits per heavy atom. The average Bonchev–Trinajstić information content (AvgIpc) is 2.80. The molecule has 3 rings (SSSR count). The topological polar surface area (TPSA) is 81.7 Å². The molecule has 1 N–H and O–H groups in total. The van der Waals surface area contributed by atoms with E-state index < -0.39 is 11.8 Å². The fourth-order valence-electron chi connectivity index (χ4n) is 4.28. The molecule has 1 saturated heterocycles. The Morgan fingerprint density at radius 2 is 1.73 bits per heavy atom. The summed E-state index contributed by atoms with van der Waals surface area (Å²) in [6.07, 6.45) is 2.86. The van der Waals surface area contributed by atoms with Gasteiger partial charge in [0, 0.05) is 0 Å². The summed E-state index contributed by atoms with van der Waals surface area (Å²) in [5.74, 6) is -2.04. The lowest BCUT2D eigenvalue weighted by atomic mass is 10.1. The smallest absolute Gasteiger partial charge is 0.362 e. The molecule has 0 saturated carbocycles. The third kappa shape index (κ3) is 6.61. The van der Waals surface area contributed by atoms with Crippen molar-refractivity contribution in [3.63, 3.8) is 0 Å². The highest BCUT2D eigenvalue weighted by Crippen LogP contribution is 2.25. The maximum absolute atomic E-state index is 13.8. The van der Waals surface area contributed by atoms with E-state index >= 15 is 0 Å². The monoisotopic (exact) mass is 457 g/mol. The highest BCUT2D eigenvalue weighted by Gasteiger charge is 2.36. The van der Waals surface area contributed by atoms with Crippen LogP contribution in [0.25, 0.3) is 0 Å². The molecule has 2 aromatic rings. The van der Waals surface area contributed by atoms with Crippen LogP contribution in [0.3, 0.4) is 0 Å². The Labute approximate surface area is 193 Å². The number of esters is 2. The van der Waals surface area contributed by atoms with Crippen LogP contribution in [0.2, 0.25) is 0 Å². The predicted molar refractivity (Wildman–Crippen MR) is 121 cm³/mol. The maximum Gasteiger partial charge on any atom is 0.362 e. The summed E-state index contributed by atoms with van der Waals surface area (Å²) < 4.78 is 24.3. The molecule has 176 valence electrons. The minimum absolute atomic E-state index is 0.0455. The molecule has 2 aromatic carbocycles. The molecule has 0 aromatic heterocycles. The number of aryl methyl sites for hydroxylation is 1. The molecule has 7 nitrogen and oxygen atoms in total. The third-order valence-electron chi connectivity index (χ3n) is 5.92. The van der Waals surface area contributed by atoms with Crippen molar-refractivity contribution < 1.29 is 32.7 Å². The number of methoxy groups -OCH3 is 1. The molecule has 0 atom stereocenters. The number of hydrogen-bond donors (Lipinski definition) is 1. The third-order valence-corrected chi connectivity index (χ3v) is 5.92. The average molecular weight is 458 g/mol. The standard InChI is InChI=1S/C25H29FN2O5/c1-18-13-20(26)14-21(25(31)32-2)24(18)27-22(29)15-28(11-7-4-8-12-28)16-23(30)33-17-19-9-5-3-6-10-19/h3,5-6,9-10,13-14H,4,7-8,11-12,15-17H2,1-2H3/p+1. The fourth-order valence-corrected chi connectivity index (χ4v) is 4.28. The van der Waals surface area contributed by atoms with Gasteiger partial charge < -0.3 is 19.3 Å². The molecule has 8 heteroatoms. The van der Waals surface area contributed by atoms with Gasteiger partial charge in [0.1, 0.15) is 12.4 Å². The normalized spacial score (nSPS) is 14.9. The molecule has 33 heavy (non-hydrogen) atoms. The van der Waals surface area contributed by atoms with Gasteiger partial charge in [-0.15, -0.1) is 0 Å². The molecule has 1 amide bonds. The molecular formula is C25H30FN2O5+. The van der Waals surface area contributed by atoms with E-state index in [1.54, 1.807) is 6.92 Å². The van der Waals surface area contributed by atoms with Gasteiger partial charge in [-0.25, -0.2) is 14.0 Å². The molecule has 0 unspecified atom stereocenters. The van der Waals surface area contributed by atoms with Gasteiger partial charge in [-0.05, 0) is 49.4 Å². The summed E-state index contributed by atoms with van der Waals surface area (Å²) in [6.45, 7) is 3.30. The molecule has 1 aliphatic heterocycles. The number of carbonyl (C=O) groups excluding carboxylic acids is 3. The second-order valence-electron chi connectivity index (χ2n) is 8.50. The van der Waals surface area contributed by atoms with E-state index in [2.05, 4.69) is 5.32 Å². The zero-order valence-corrected chi connectivity index (χ0v) is 19.1. The molecule has 1 aliphatic rings. The van der Waals surface area contributed by atoms with Crippen LogP contribution in [-0.4, -0.2) is 55.6 Å². The molecule has 0 aliphatic carbocycles. The number of halogens is 1. The van der Waals surface area contributed by atoms with Crippen molar-refractivity contribution in [2.75, 3.05) is 38.6 Å². The Balaban J connectivity index is 1.71. The van der Waals surface area contributed by atoms with Crippen LogP contribution in [-0.2, 0) is 25.7 Å². The van der Waals surface area contributed by atoms with Crippen LogP contribution in [0, 0.1) is 12.7 Å². The van der Waals surface area contributed by atoms with Gasteiger partial charge in [0.2, 0.25) is 0 Å². The summed E-state index contributed by atoms with van der Waals surface area (Å²) in [5.41, 5.74) is 1.48. The van der Waals surface area contributed by atoms with Crippen molar-refractivity contribution in [2.45, 2.75) is 32.8 Å². The Kier molecular flexibility index (Phi) is 8.16. The number of nitrogens with zero attached hydrogens (tertiary/aromatic N) is 1. The van der Waals surface area contributed by atoms with Crippen LogP contribution in [0.15, 0.2) is 42.5 Å². The first-order valence-electron chi connectivity index (χ1n) is 11.0. The summed E-state index contributed by atoms with van der Waals surface area (Å²) >= 11 is 0. The van der Waals surface area contributed by atoms with E-state index in [4.69, 9.17) is 9.47 Å². The van der Waals surface area contributed by atoms with E-state index in [0.29, 0.717) is 18.7 Å². The lowest BCUT2D eigenvalue weighted by molar-refractivity contribution is -0.918. The number of anilines is 1. The SMILES string of the molecule is COC(=O)c1cc(F)cc(C)c1NC(=O)C[N+]1(CC(=O)OCc2ccccc2)CCCCC1. The summed E-state index contributed by atoms with van der Waals surface area (Å²) in [5, 5.41) is 2.75. The number of carbonyl (C=O) groups is 3. The van der Waals surface area contributed by atoms with Crippen molar-refractivity contribution in [1.82, 2.24) is 0 Å². The van der Waals surface area contributed by atoms with Gasteiger partial charge in [-0.2, -0.15) is 0 Å². The van der Waals surface area contributed by atoms with Crippen LogP contribution in [0.1, 0.15) is 40.7 Å². The summed E-state index contributed by atoms with van der Waals surface area (Å²) in [4.78, 5) is 37.8. The van der Waals surface area contributed by atoms with Crippen LogP contribution >= 0.6 is 0 Å². The van der Waals surface area contributed by atoms with Gasteiger partial charge in [0.15, 0.2) is 13.1 Å². The van der Waals surface area contributed by atoms with Crippen molar-refractivity contribution in [3.8, 4) is 0 Å². The predicted octanol–water partition coefficient (Wildman–Crippen LogP) is 3.60. The number of amides is 1. The lowest BCUT2D eigenvalue weighted by Crippen LogP contribution is -2.57. The van der Waals surface area contributed by atoms with Gasteiger partial charge in [0.25, 0.3) is 5.91 Å². The number of rotatable bonds is 8. The molecule has 0 radical (unpaired) electrons. The van der Waals surface area contributed by atoms with Crippen LogP contribution in [0.5, 0.6) is 0 Å². The molecular weight excluding hydrogens is 427 g/mol. The molecule has 0 spiro atoms. The van der Waals surface area contributed by atoms with E-state index in [1.165, 1.54) is 13.2 Å². The number of piperidine rings is 1. The quantitative estimate of drug-likeness (QED) is 0.484. The Hall–Kier alpha value is -3.26. The molecule has 1 fully saturated rings. The first-order chi connectivity index (χ1) is 15.8. The van der Waals surface area contributed by atoms with Gasteiger partial charge in [-0.3, -0.25) is 4.79 Å². The lowest BCUT2D eigenvalue weighted by Gasteiger charge is -2.40. The molecule has 0 bridgehead atoms. The van der Waals surface area contributed by atoms with Crippen LogP contribution in [0.4, 0.5) is 10.1 Å². The second kappa shape index (κ2) is 11.0. The maximum atomic E-state index is 13.8. The number of benzene rings is 2. The highest BCUT2D eigenvalue weighted by molar-refractivity contribution is 6.02. The van der Waals surface area contributed by atoms with Crippen molar-refractivity contribution in [2.24, 2.45) is 0 Å². The van der Waals surface area contributed by atoms with Crippen molar-refractivity contribution in [3.05, 3.63) is 65.0 Å². The zero-order chi connectivity index (χ0) is 23.8. The largest absolute Gasteiger partial charge is 0.465 e. The van der Waals surface area contributed by atoms with Gasteiger partial charge >= 0.3 is 11.9 Å². The Morgan fingerprint density at radius 3 is 2.39 bits per heavy atom. The van der Waals surface area contributed by atoms with Crippen molar-refractivity contribution >= 4 is 23.5 Å². The minimum atomic E-state index is -0.737. The highest BCUT2D eigenvalue weighted by atomic mass is 19.1. The number of likely N-dealkylation sites (tertiary alicyclic amines) is 1. The summed E-state index contributed by atoms with van der Waals surface area (Å²) in [7, 11) is 1.20. The van der Waals surface area contributed by atoms with Crippen molar-refractivity contribution in [1.29, 1.82) is 0 Å². The van der Waals surface area contributed by atoms with E-state index in [0.717, 1.165) is 30.9 Å².